The van der Waals surface area contributed by atoms with E-state index < -0.39 is 17.7 Å². The minimum atomic E-state index is -0.594. The highest BCUT2D eigenvalue weighted by Gasteiger charge is 2.41. The predicted octanol–water partition coefficient (Wildman–Crippen LogP) is 2.91. The Kier molecular flexibility index (Phi) is 5.49. The quantitative estimate of drug-likeness (QED) is 0.924. The highest BCUT2D eigenvalue weighted by atomic mass is 16.6. The van der Waals surface area contributed by atoms with E-state index >= 15 is 0 Å². The van der Waals surface area contributed by atoms with Crippen LogP contribution in [0, 0.1) is 0 Å². The maximum absolute atomic E-state index is 12.7. The Bertz CT molecular complexity index is 581. The van der Waals surface area contributed by atoms with Crippen molar-refractivity contribution in [3.8, 4) is 0 Å². The molecule has 0 spiro atoms. The van der Waals surface area contributed by atoms with Gasteiger partial charge in [0.25, 0.3) is 0 Å². The van der Waals surface area contributed by atoms with Gasteiger partial charge in [0.15, 0.2) is 0 Å². The minimum absolute atomic E-state index is 0.199. The number of carbonyl (C=O) groups excluding carboxylic acids is 2. The van der Waals surface area contributed by atoms with Crippen molar-refractivity contribution in [2.24, 2.45) is 0 Å². The van der Waals surface area contributed by atoms with Crippen molar-refractivity contribution in [2.75, 3.05) is 18.5 Å². The number of ether oxygens (including phenoxy) is 1. The van der Waals surface area contributed by atoms with Crippen LogP contribution in [0.1, 0.15) is 34.6 Å². The van der Waals surface area contributed by atoms with Gasteiger partial charge in [-0.05, 0) is 46.8 Å². The van der Waals surface area contributed by atoms with Crippen LogP contribution in [0.5, 0.6) is 0 Å². The summed E-state index contributed by atoms with van der Waals surface area (Å²) in [5, 5.41) is 2.88. The normalized spacial score (nSPS) is 18.8. The van der Waals surface area contributed by atoms with Gasteiger partial charge in [0.2, 0.25) is 5.91 Å². The molecule has 1 fully saturated rings. The minimum Gasteiger partial charge on any atom is -0.444 e. The third-order valence-electron chi connectivity index (χ3n) is 3.82. The summed E-state index contributed by atoms with van der Waals surface area (Å²) < 4.78 is 5.46. The molecule has 1 aromatic carbocycles. The molecule has 1 saturated heterocycles. The Labute approximate surface area is 143 Å². The number of nitrogens with one attached hydrogen (secondary N) is 1. The second kappa shape index (κ2) is 7.21. The van der Waals surface area contributed by atoms with E-state index in [1.807, 2.05) is 65.0 Å². The molecule has 0 saturated carbocycles. The Morgan fingerprint density at radius 3 is 2.38 bits per heavy atom. The number of benzene rings is 1. The van der Waals surface area contributed by atoms with Crippen molar-refractivity contribution in [2.45, 2.75) is 52.3 Å². The lowest BCUT2D eigenvalue weighted by Gasteiger charge is -2.27. The SMILES string of the molecule is CC(C)N1C[C@H](C(=O)Nc2ccccc2)N(C(=O)OC(C)(C)C)C1. The van der Waals surface area contributed by atoms with Crippen LogP contribution in [0.2, 0.25) is 0 Å². The molecule has 2 rings (SSSR count). The zero-order valence-electron chi connectivity index (χ0n) is 15.1. The van der Waals surface area contributed by atoms with Crippen LogP contribution in [0.25, 0.3) is 0 Å². The summed E-state index contributed by atoms with van der Waals surface area (Å²) in [6.45, 7) is 10.4. The molecule has 1 atom stereocenters. The third-order valence-corrected chi connectivity index (χ3v) is 3.82. The Hall–Kier alpha value is -2.08. The predicted molar refractivity (Wildman–Crippen MR) is 93.6 cm³/mol. The standard InChI is InChI=1S/C18H27N3O3/c1-13(2)20-11-15(16(22)19-14-9-7-6-8-10-14)21(12-20)17(23)24-18(3,4)5/h6-10,13,15H,11-12H2,1-5H3,(H,19,22)/t15-/m1/s1. The smallest absolute Gasteiger partial charge is 0.412 e. The number of hydrogen-bond acceptors (Lipinski definition) is 4. The van der Waals surface area contributed by atoms with Gasteiger partial charge >= 0.3 is 6.09 Å². The van der Waals surface area contributed by atoms with Crippen LogP contribution in [0.4, 0.5) is 10.5 Å². The van der Waals surface area contributed by atoms with Gasteiger partial charge in [0.1, 0.15) is 11.6 Å². The lowest BCUT2D eigenvalue weighted by Crippen LogP contribution is -2.46. The number of para-hydroxylation sites is 1. The first-order valence-corrected chi connectivity index (χ1v) is 8.27. The summed E-state index contributed by atoms with van der Waals surface area (Å²) in [7, 11) is 0. The highest BCUT2D eigenvalue weighted by Crippen LogP contribution is 2.21. The number of anilines is 1. The maximum atomic E-state index is 12.7. The number of amides is 2. The lowest BCUT2D eigenvalue weighted by atomic mass is 10.2. The Balaban J connectivity index is 2.13. The summed E-state index contributed by atoms with van der Waals surface area (Å²) in [6.07, 6.45) is -0.459. The molecule has 1 N–H and O–H groups in total. The largest absolute Gasteiger partial charge is 0.444 e. The monoisotopic (exact) mass is 333 g/mol. The number of rotatable bonds is 3. The van der Waals surface area contributed by atoms with E-state index in [9.17, 15) is 9.59 Å². The summed E-state index contributed by atoms with van der Waals surface area (Å²) in [5.74, 6) is -0.199. The summed E-state index contributed by atoms with van der Waals surface area (Å²) in [6, 6.07) is 8.92. The van der Waals surface area contributed by atoms with Crippen molar-refractivity contribution in [3.05, 3.63) is 30.3 Å². The molecule has 1 aliphatic rings. The van der Waals surface area contributed by atoms with Crippen LogP contribution < -0.4 is 5.32 Å². The average molecular weight is 333 g/mol. The number of nitrogens with zero attached hydrogens (tertiary/aromatic N) is 2. The Morgan fingerprint density at radius 2 is 1.83 bits per heavy atom. The fraction of sp³-hybridized carbons (Fsp3) is 0.556. The molecule has 0 bridgehead atoms. The van der Waals surface area contributed by atoms with Gasteiger partial charge in [-0.3, -0.25) is 14.6 Å². The van der Waals surface area contributed by atoms with Gasteiger partial charge in [-0.15, -0.1) is 0 Å². The molecule has 6 heteroatoms. The van der Waals surface area contributed by atoms with Gasteiger partial charge in [-0.25, -0.2) is 4.79 Å². The van der Waals surface area contributed by atoms with Crippen molar-refractivity contribution < 1.29 is 14.3 Å². The van der Waals surface area contributed by atoms with Crippen LogP contribution in [0.3, 0.4) is 0 Å². The van der Waals surface area contributed by atoms with Crippen LogP contribution >= 0.6 is 0 Å². The molecule has 6 nitrogen and oxygen atoms in total. The first kappa shape index (κ1) is 18.3. The molecule has 0 radical (unpaired) electrons. The van der Waals surface area contributed by atoms with Gasteiger partial charge in [-0.2, -0.15) is 0 Å². The second-order valence-corrected chi connectivity index (χ2v) is 7.33. The van der Waals surface area contributed by atoms with Gasteiger partial charge in [0.05, 0.1) is 6.67 Å². The first-order chi connectivity index (χ1) is 11.2. The van der Waals surface area contributed by atoms with Crippen LogP contribution in [-0.4, -0.2) is 52.7 Å². The van der Waals surface area contributed by atoms with Crippen molar-refractivity contribution in [3.63, 3.8) is 0 Å². The van der Waals surface area contributed by atoms with Gasteiger partial charge in [0, 0.05) is 18.3 Å². The van der Waals surface area contributed by atoms with E-state index in [1.165, 1.54) is 4.90 Å². The molecular weight excluding hydrogens is 306 g/mol. The van der Waals surface area contributed by atoms with E-state index in [-0.39, 0.29) is 11.9 Å². The fourth-order valence-corrected chi connectivity index (χ4v) is 2.52. The highest BCUT2D eigenvalue weighted by molar-refractivity contribution is 5.97. The van der Waals surface area contributed by atoms with Crippen LogP contribution in [-0.2, 0) is 9.53 Å². The molecule has 1 heterocycles. The van der Waals surface area contributed by atoms with Crippen LogP contribution in [0.15, 0.2) is 30.3 Å². The average Bonchev–Trinajstić information content (AvgIpc) is 2.92. The van der Waals surface area contributed by atoms with E-state index in [4.69, 9.17) is 4.74 Å². The summed E-state index contributed by atoms with van der Waals surface area (Å²) in [4.78, 5) is 28.8. The molecule has 1 aromatic rings. The molecular formula is C18H27N3O3. The van der Waals surface area contributed by atoms with E-state index in [0.717, 1.165) is 5.69 Å². The molecule has 0 aliphatic carbocycles. The van der Waals surface area contributed by atoms with Crippen molar-refractivity contribution in [1.29, 1.82) is 0 Å². The summed E-state index contributed by atoms with van der Waals surface area (Å²) in [5.41, 5.74) is 0.123. The van der Waals surface area contributed by atoms with Gasteiger partial charge in [-0.1, -0.05) is 18.2 Å². The topological polar surface area (TPSA) is 61.9 Å². The fourth-order valence-electron chi connectivity index (χ4n) is 2.52. The van der Waals surface area contributed by atoms with Crippen molar-refractivity contribution in [1.82, 2.24) is 9.80 Å². The lowest BCUT2D eigenvalue weighted by molar-refractivity contribution is -0.120. The van der Waals surface area contributed by atoms with Crippen molar-refractivity contribution >= 4 is 17.7 Å². The maximum Gasteiger partial charge on any atom is 0.412 e. The van der Waals surface area contributed by atoms with E-state index in [0.29, 0.717) is 13.2 Å². The molecule has 1 aliphatic heterocycles. The van der Waals surface area contributed by atoms with E-state index in [2.05, 4.69) is 10.2 Å². The van der Waals surface area contributed by atoms with E-state index in [1.54, 1.807) is 0 Å². The molecule has 0 aromatic heterocycles. The molecule has 24 heavy (non-hydrogen) atoms. The summed E-state index contributed by atoms with van der Waals surface area (Å²) >= 11 is 0. The number of carbonyl (C=O) groups is 2. The first-order valence-electron chi connectivity index (χ1n) is 8.27. The Morgan fingerprint density at radius 1 is 1.21 bits per heavy atom. The number of hydrogen-bond donors (Lipinski definition) is 1. The molecule has 2 amide bonds. The molecule has 0 unspecified atom stereocenters. The molecule has 132 valence electrons. The zero-order chi connectivity index (χ0) is 17.9. The zero-order valence-corrected chi connectivity index (χ0v) is 15.1. The van der Waals surface area contributed by atoms with Gasteiger partial charge < -0.3 is 10.1 Å². The third kappa shape index (κ3) is 4.71. The second-order valence-electron chi connectivity index (χ2n) is 7.33.